The van der Waals surface area contributed by atoms with Crippen molar-refractivity contribution in [2.24, 2.45) is 23.7 Å². The van der Waals surface area contributed by atoms with Crippen molar-refractivity contribution in [2.75, 3.05) is 0 Å². The Morgan fingerprint density at radius 3 is 2.07 bits per heavy atom. The van der Waals surface area contributed by atoms with Gasteiger partial charge in [-0.05, 0) is 24.7 Å². The van der Waals surface area contributed by atoms with E-state index in [4.69, 9.17) is 10.2 Å². The van der Waals surface area contributed by atoms with Crippen molar-refractivity contribution in [1.29, 1.82) is 0 Å². The number of hydrogen-bond acceptors (Lipinski definition) is 2. The predicted molar refractivity (Wildman–Crippen MR) is 49.8 cm³/mol. The van der Waals surface area contributed by atoms with Gasteiger partial charge in [-0.25, -0.2) is 0 Å². The lowest BCUT2D eigenvalue weighted by atomic mass is 9.68. The zero-order chi connectivity index (χ0) is 10.9. The van der Waals surface area contributed by atoms with Crippen LogP contribution in [-0.4, -0.2) is 22.2 Å². The van der Waals surface area contributed by atoms with Crippen LogP contribution in [0.5, 0.6) is 0 Å². The summed E-state index contributed by atoms with van der Waals surface area (Å²) in [6.45, 7) is 3.82. The first-order chi connectivity index (χ1) is 6.45. The molecule has 0 spiro atoms. The number of aliphatic carboxylic acids is 2. The van der Waals surface area contributed by atoms with Gasteiger partial charge in [0, 0.05) is 0 Å². The van der Waals surface area contributed by atoms with Crippen molar-refractivity contribution in [1.82, 2.24) is 0 Å². The first-order valence-electron chi connectivity index (χ1n) is 4.90. The Balaban J connectivity index is 2.87. The molecule has 0 saturated heterocycles. The summed E-state index contributed by atoms with van der Waals surface area (Å²) in [6, 6.07) is 0. The molecule has 1 aliphatic carbocycles. The first kappa shape index (κ1) is 11.0. The van der Waals surface area contributed by atoms with Crippen LogP contribution in [-0.2, 0) is 9.59 Å². The lowest BCUT2D eigenvalue weighted by Gasteiger charge is -2.35. The Labute approximate surface area is 82.9 Å². The maximum Gasteiger partial charge on any atom is 0.307 e. The van der Waals surface area contributed by atoms with E-state index in [0.717, 1.165) is 6.42 Å². The lowest BCUT2D eigenvalue weighted by molar-refractivity contribution is -0.159. The number of carbonyl (C=O) groups is 2. The summed E-state index contributed by atoms with van der Waals surface area (Å²) >= 11 is 0. The van der Waals surface area contributed by atoms with E-state index in [0.29, 0.717) is 12.3 Å². The molecule has 4 heteroatoms. The third-order valence-corrected chi connectivity index (χ3v) is 3.43. The molecule has 1 saturated carbocycles. The van der Waals surface area contributed by atoms with Gasteiger partial charge in [-0.15, -0.1) is 0 Å². The number of hydrogen-bond donors (Lipinski definition) is 2. The van der Waals surface area contributed by atoms with Crippen LogP contribution in [0, 0.1) is 23.7 Å². The second kappa shape index (κ2) is 3.98. The molecule has 4 atom stereocenters. The fourth-order valence-electron chi connectivity index (χ4n) is 2.28. The third-order valence-electron chi connectivity index (χ3n) is 3.43. The number of carboxylic acids is 2. The van der Waals surface area contributed by atoms with Crippen LogP contribution in [0.15, 0.2) is 0 Å². The summed E-state index contributed by atoms with van der Waals surface area (Å²) in [4.78, 5) is 21.8. The van der Waals surface area contributed by atoms with Crippen LogP contribution in [0.4, 0.5) is 0 Å². The van der Waals surface area contributed by atoms with Gasteiger partial charge in [0.2, 0.25) is 0 Å². The van der Waals surface area contributed by atoms with Crippen LogP contribution in [0.3, 0.4) is 0 Å². The molecule has 0 bridgehead atoms. The van der Waals surface area contributed by atoms with Crippen molar-refractivity contribution in [2.45, 2.75) is 26.7 Å². The van der Waals surface area contributed by atoms with Gasteiger partial charge in [0.1, 0.15) is 0 Å². The molecule has 0 aromatic carbocycles. The van der Waals surface area contributed by atoms with Gasteiger partial charge < -0.3 is 10.2 Å². The average molecular weight is 200 g/mol. The van der Waals surface area contributed by atoms with Crippen molar-refractivity contribution in [3.8, 4) is 0 Å². The summed E-state index contributed by atoms with van der Waals surface area (Å²) in [5.41, 5.74) is 0. The smallest absolute Gasteiger partial charge is 0.307 e. The predicted octanol–water partition coefficient (Wildman–Crippen LogP) is 1.45. The molecule has 4 nitrogen and oxygen atoms in total. The maximum absolute atomic E-state index is 11.0. The van der Waals surface area contributed by atoms with Gasteiger partial charge >= 0.3 is 11.9 Å². The van der Waals surface area contributed by atoms with E-state index >= 15 is 0 Å². The third kappa shape index (κ3) is 1.89. The minimum Gasteiger partial charge on any atom is -0.481 e. The van der Waals surface area contributed by atoms with Crippen molar-refractivity contribution in [3.63, 3.8) is 0 Å². The zero-order valence-electron chi connectivity index (χ0n) is 8.43. The van der Waals surface area contributed by atoms with Crippen molar-refractivity contribution < 1.29 is 19.8 Å². The van der Waals surface area contributed by atoms with Crippen LogP contribution < -0.4 is 0 Å². The van der Waals surface area contributed by atoms with Gasteiger partial charge in [-0.3, -0.25) is 9.59 Å². The molecule has 0 heterocycles. The average Bonchev–Trinajstić information content (AvgIpc) is 2.08. The molecule has 2 N–H and O–H groups in total. The SMILES string of the molecule is C[C@@H]1[C@@H](C(=O)O)[C@@H](C(=O)O)CC[C@@H]1C. The Morgan fingerprint density at radius 2 is 1.64 bits per heavy atom. The molecule has 14 heavy (non-hydrogen) atoms. The normalized spacial score (nSPS) is 37.9. The van der Waals surface area contributed by atoms with Crippen LogP contribution in [0.25, 0.3) is 0 Å². The minimum absolute atomic E-state index is 0.0534. The summed E-state index contributed by atoms with van der Waals surface area (Å²) < 4.78 is 0. The molecule has 1 rings (SSSR count). The Hall–Kier alpha value is -1.06. The molecule has 0 radical (unpaired) electrons. The number of rotatable bonds is 2. The highest BCUT2D eigenvalue weighted by Crippen LogP contribution is 2.38. The molecule has 80 valence electrons. The molecule has 0 amide bonds. The largest absolute Gasteiger partial charge is 0.481 e. The summed E-state index contributed by atoms with van der Waals surface area (Å²) in [5, 5.41) is 17.9. The standard InChI is InChI=1S/C10H16O4/c1-5-3-4-7(9(11)12)8(6(5)2)10(13)14/h5-8H,3-4H2,1-2H3,(H,11,12)(H,13,14)/t5-,6-,7-,8+/m0/s1. The topological polar surface area (TPSA) is 74.6 Å². The molecule has 0 unspecified atom stereocenters. The molecule has 0 aliphatic heterocycles. The lowest BCUT2D eigenvalue weighted by Crippen LogP contribution is -2.40. The molecule has 1 fully saturated rings. The molecule has 1 aliphatic rings. The first-order valence-corrected chi connectivity index (χ1v) is 4.90. The van der Waals surface area contributed by atoms with Crippen LogP contribution in [0.2, 0.25) is 0 Å². The van der Waals surface area contributed by atoms with E-state index in [9.17, 15) is 9.59 Å². The monoisotopic (exact) mass is 200 g/mol. The van der Waals surface area contributed by atoms with Gasteiger partial charge in [0.15, 0.2) is 0 Å². The zero-order valence-corrected chi connectivity index (χ0v) is 8.43. The van der Waals surface area contributed by atoms with Gasteiger partial charge in [0.25, 0.3) is 0 Å². The van der Waals surface area contributed by atoms with Gasteiger partial charge in [-0.2, -0.15) is 0 Å². The second-order valence-electron chi connectivity index (χ2n) is 4.22. The highest BCUT2D eigenvalue weighted by molar-refractivity contribution is 5.80. The Bertz CT molecular complexity index is 249. The van der Waals surface area contributed by atoms with E-state index in [-0.39, 0.29) is 5.92 Å². The van der Waals surface area contributed by atoms with E-state index in [1.165, 1.54) is 0 Å². The van der Waals surface area contributed by atoms with Gasteiger partial charge in [-0.1, -0.05) is 13.8 Å². The van der Waals surface area contributed by atoms with E-state index in [1.807, 2.05) is 13.8 Å². The van der Waals surface area contributed by atoms with E-state index in [1.54, 1.807) is 0 Å². The number of carboxylic acid groups (broad SMARTS) is 2. The van der Waals surface area contributed by atoms with Crippen LogP contribution in [0.1, 0.15) is 26.7 Å². The highest BCUT2D eigenvalue weighted by Gasteiger charge is 2.42. The van der Waals surface area contributed by atoms with E-state index < -0.39 is 23.8 Å². The van der Waals surface area contributed by atoms with Crippen LogP contribution >= 0.6 is 0 Å². The molecular weight excluding hydrogens is 184 g/mol. The van der Waals surface area contributed by atoms with Crippen molar-refractivity contribution in [3.05, 3.63) is 0 Å². The second-order valence-corrected chi connectivity index (χ2v) is 4.22. The van der Waals surface area contributed by atoms with Gasteiger partial charge in [0.05, 0.1) is 11.8 Å². The molecule has 0 aromatic rings. The summed E-state index contributed by atoms with van der Waals surface area (Å²) in [6.07, 6.45) is 1.29. The summed E-state index contributed by atoms with van der Waals surface area (Å²) in [7, 11) is 0. The quantitative estimate of drug-likeness (QED) is 0.707. The Morgan fingerprint density at radius 1 is 1.07 bits per heavy atom. The molecular formula is C10H16O4. The minimum atomic E-state index is -0.976. The fraction of sp³-hybridized carbons (Fsp3) is 0.800. The van der Waals surface area contributed by atoms with E-state index in [2.05, 4.69) is 0 Å². The van der Waals surface area contributed by atoms with Crippen molar-refractivity contribution >= 4 is 11.9 Å². The highest BCUT2D eigenvalue weighted by atomic mass is 16.4. The molecule has 0 aromatic heterocycles. The Kier molecular flexibility index (Phi) is 3.13. The summed E-state index contributed by atoms with van der Waals surface area (Å²) in [5.74, 6) is -3.14. The maximum atomic E-state index is 11.0. The fourth-order valence-corrected chi connectivity index (χ4v) is 2.28.